The van der Waals surface area contributed by atoms with Crippen molar-refractivity contribution in [3.63, 3.8) is 0 Å². The maximum Gasteiger partial charge on any atom is 0.354 e. The predicted molar refractivity (Wildman–Crippen MR) is 48.5 cm³/mol. The first kappa shape index (κ1) is 11.4. The van der Waals surface area contributed by atoms with Gasteiger partial charge in [-0.3, -0.25) is 5.41 Å². The number of aromatic nitrogens is 2. The average Bonchev–Trinajstić information content (AvgIpc) is 2.31. The van der Waals surface area contributed by atoms with E-state index in [4.69, 9.17) is 16.2 Å². The van der Waals surface area contributed by atoms with Gasteiger partial charge in [-0.2, -0.15) is 9.78 Å². The molecule has 13 heavy (non-hydrogen) atoms. The fourth-order valence-corrected chi connectivity index (χ4v) is 0.835. The molecule has 1 aromatic heterocycles. The molecule has 0 amide bonds. The van der Waals surface area contributed by atoms with Gasteiger partial charge < -0.3 is 10.8 Å². The Kier molecular flexibility index (Phi) is 3.43. The number of halogens is 1. The number of hydrogen-bond donors (Lipinski definition) is 3. The summed E-state index contributed by atoms with van der Waals surface area (Å²) in [6.45, 7) is 1.63. The molecule has 0 radical (unpaired) electrons. The van der Waals surface area contributed by atoms with Crippen molar-refractivity contribution in [1.82, 2.24) is 9.78 Å². The lowest BCUT2D eigenvalue weighted by Gasteiger charge is -1.98. The van der Waals surface area contributed by atoms with E-state index in [-0.39, 0.29) is 18.1 Å². The largest absolute Gasteiger partial charge is 0.477 e. The monoisotopic (exact) mass is 204 g/mol. The number of nitrogens with zero attached hydrogens (tertiary/aromatic N) is 2. The minimum Gasteiger partial charge on any atom is -0.477 e. The van der Waals surface area contributed by atoms with Gasteiger partial charge >= 0.3 is 5.97 Å². The van der Waals surface area contributed by atoms with Crippen LogP contribution < -0.4 is 5.73 Å². The van der Waals surface area contributed by atoms with Crippen molar-refractivity contribution in [3.8, 4) is 0 Å². The number of nitrogen functional groups attached to an aromatic ring is 1. The number of aromatic carboxylic acids is 1. The quantitative estimate of drug-likeness (QED) is 0.444. The van der Waals surface area contributed by atoms with Crippen LogP contribution in [0.15, 0.2) is 6.07 Å². The first-order valence-electron chi connectivity index (χ1n) is 3.16. The molecule has 7 heteroatoms. The Balaban J connectivity index is 0.00000144. The predicted octanol–water partition coefficient (Wildman–Crippen LogP) is 0.0531. The highest BCUT2D eigenvalue weighted by Gasteiger charge is 2.13. The first-order valence-corrected chi connectivity index (χ1v) is 3.16. The fourth-order valence-electron chi connectivity index (χ4n) is 0.835. The zero-order chi connectivity index (χ0) is 9.30. The Morgan fingerprint density at radius 1 is 1.77 bits per heavy atom. The number of aryl methyl sites for hydroxylation is 1. The molecular weight excluding hydrogens is 196 g/mol. The second-order valence-corrected chi connectivity index (χ2v) is 2.27. The van der Waals surface area contributed by atoms with Crippen molar-refractivity contribution < 1.29 is 9.90 Å². The maximum atomic E-state index is 10.5. The van der Waals surface area contributed by atoms with Crippen molar-refractivity contribution in [2.45, 2.75) is 6.92 Å². The molecule has 0 unspecified atom stereocenters. The number of nitrogens with two attached hydrogens (primary N) is 1. The number of rotatable bonds is 1. The first-order chi connectivity index (χ1) is 5.52. The molecule has 1 aromatic rings. The molecule has 0 saturated heterocycles. The number of carbonyl (C=O) groups is 1. The highest BCUT2D eigenvalue weighted by Crippen LogP contribution is 2.01. The van der Waals surface area contributed by atoms with Crippen LogP contribution in [0.1, 0.15) is 16.2 Å². The third kappa shape index (κ3) is 2.19. The van der Waals surface area contributed by atoms with Gasteiger partial charge in [0.1, 0.15) is 0 Å². The van der Waals surface area contributed by atoms with E-state index in [9.17, 15) is 4.79 Å². The van der Waals surface area contributed by atoms with Crippen molar-refractivity contribution >= 4 is 24.3 Å². The molecule has 72 valence electrons. The van der Waals surface area contributed by atoms with E-state index in [1.807, 2.05) is 0 Å². The van der Waals surface area contributed by atoms with Gasteiger partial charge in [-0.25, -0.2) is 4.79 Å². The Morgan fingerprint density at radius 3 is 2.62 bits per heavy atom. The smallest absolute Gasteiger partial charge is 0.354 e. The molecule has 0 atom stereocenters. The van der Waals surface area contributed by atoms with Gasteiger partial charge in [0, 0.05) is 0 Å². The lowest BCUT2D eigenvalue weighted by molar-refractivity contribution is 0.0687. The highest BCUT2D eigenvalue weighted by atomic mass is 35.5. The molecule has 0 spiro atoms. The van der Waals surface area contributed by atoms with Crippen LogP contribution in [0.3, 0.4) is 0 Å². The fraction of sp³-hybridized carbons (Fsp3) is 0.167. The van der Waals surface area contributed by atoms with Gasteiger partial charge in [-0.05, 0) is 13.0 Å². The second kappa shape index (κ2) is 3.90. The SMILES string of the molecule is Cc1cc(C(=O)O)n(C(=N)N)n1.Cl. The molecule has 0 aliphatic rings. The molecule has 6 nitrogen and oxygen atoms in total. The number of carboxylic acid groups (broad SMARTS) is 1. The van der Waals surface area contributed by atoms with Crippen LogP contribution in [0.2, 0.25) is 0 Å². The van der Waals surface area contributed by atoms with E-state index in [0.29, 0.717) is 5.69 Å². The minimum atomic E-state index is -1.15. The maximum absolute atomic E-state index is 10.5. The Bertz CT molecular complexity index is 315. The van der Waals surface area contributed by atoms with E-state index in [2.05, 4.69) is 5.10 Å². The molecule has 4 N–H and O–H groups in total. The van der Waals surface area contributed by atoms with E-state index < -0.39 is 11.9 Å². The van der Waals surface area contributed by atoms with E-state index in [0.717, 1.165) is 4.68 Å². The summed E-state index contributed by atoms with van der Waals surface area (Å²) in [4.78, 5) is 10.5. The number of hydrogen-bond acceptors (Lipinski definition) is 3. The molecule has 1 heterocycles. The summed E-state index contributed by atoms with van der Waals surface area (Å²) in [6.07, 6.45) is 0. The Morgan fingerprint density at radius 2 is 2.31 bits per heavy atom. The lowest BCUT2D eigenvalue weighted by Crippen LogP contribution is -2.25. The van der Waals surface area contributed by atoms with Gasteiger partial charge in [0.15, 0.2) is 5.69 Å². The van der Waals surface area contributed by atoms with Crippen molar-refractivity contribution in [2.24, 2.45) is 5.73 Å². The summed E-state index contributed by atoms with van der Waals surface area (Å²) in [5.74, 6) is -1.55. The highest BCUT2D eigenvalue weighted by molar-refractivity contribution is 5.91. The summed E-state index contributed by atoms with van der Waals surface area (Å²) in [7, 11) is 0. The van der Waals surface area contributed by atoms with Gasteiger partial charge in [-0.15, -0.1) is 12.4 Å². The summed E-state index contributed by atoms with van der Waals surface area (Å²) in [6, 6.07) is 1.35. The molecule has 0 aliphatic heterocycles. The van der Waals surface area contributed by atoms with Gasteiger partial charge in [-0.1, -0.05) is 0 Å². The summed E-state index contributed by atoms with van der Waals surface area (Å²) < 4.78 is 0.873. The summed E-state index contributed by atoms with van der Waals surface area (Å²) >= 11 is 0. The van der Waals surface area contributed by atoms with Crippen LogP contribution in [0.5, 0.6) is 0 Å². The Hall–Kier alpha value is -1.56. The van der Waals surface area contributed by atoms with Crippen LogP contribution in [0.4, 0.5) is 0 Å². The van der Waals surface area contributed by atoms with Crippen LogP contribution in [-0.2, 0) is 0 Å². The molecular formula is C6H9ClN4O2. The molecule has 0 aromatic carbocycles. The summed E-state index contributed by atoms with van der Waals surface area (Å²) in [5.41, 5.74) is 5.51. The molecule has 0 bridgehead atoms. The average molecular weight is 205 g/mol. The van der Waals surface area contributed by atoms with Crippen molar-refractivity contribution in [1.29, 1.82) is 5.41 Å². The number of nitrogens with one attached hydrogen (secondary N) is 1. The molecule has 0 saturated carbocycles. The standard InChI is InChI=1S/C6H8N4O2.ClH/c1-3-2-4(5(11)12)10(9-3)6(7)8;/h2H,1H3,(H3,7,8)(H,11,12);1H. The lowest BCUT2D eigenvalue weighted by atomic mass is 10.4. The third-order valence-electron chi connectivity index (χ3n) is 1.28. The normalized spacial score (nSPS) is 9.00. The topological polar surface area (TPSA) is 105 Å². The van der Waals surface area contributed by atoms with Crippen LogP contribution in [0.25, 0.3) is 0 Å². The van der Waals surface area contributed by atoms with Crippen molar-refractivity contribution in [2.75, 3.05) is 0 Å². The van der Waals surface area contributed by atoms with E-state index >= 15 is 0 Å². The summed E-state index contributed by atoms with van der Waals surface area (Å²) in [5, 5.41) is 19.3. The van der Waals surface area contributed by atoms with Crippen molar-refractivity contribution in [3.05, 3.63) is 17.5 Å². The van der Waals surface area contributed by atoms with Crippen LogP contribution in [0, 0.1) is 12.3 Å². The molecule has 0 fully saturated rings. The van der Waals surface area contributed by atoms with Crippen LogP contribution >= 0.6 is 12.4 Å². The zero-order valence-electron chi connectivity index (χ0n) is 6.81. The van der Waals surface area contributed by atoms with Gasteiger partial charge in [0.25, 0.3) is 0 Å². The van der Waals surface area contributed by atoms with Crippen LogP contribution in [-0.4, -0.2) is 26.8 Å². The third-order valence-corrected chi connectivity index (χ3v) is 1.28. The molecule has 0 aliphatic carbocycles. The van der Waals surface area contributed by atoms with E-state index in [1.165, 1.54) is 6.07 Å². The van der Waals surface area contributed by atoms with E-state index in [1.54, 1.807) is 6.92 Å². The second-order valence-electron chi connectivity index (χ2n) is 2.27. The van der Waals surface area contributed by atoms with Gasteiger partial charge in [0.05, 0.1) is 5.69 Å². The number of carboxylic acids is 1. The minimum absolute atomic E-state index is 0. The zero-order valence-corrected chi connectivity index (χ0v) is 7.63. The van der Waals surface area contributed by atoms with Gasteiger partial charge in [0.2, 0.25) is 5.96 Å². The molecule has 1 rings (SSSR count). The Labute approximate surface area is 80.3 Å².